The Bertz CT molecular complexity index is 603. The molecule has 1 aromatic heterocycles. The number of thioether (sulfide) groups is 1. The number of rotatable bonds is 4. The summed E-state index contributed by atoms with van der Waals surface area (Å²) in [6, 6.07) is 3.32. The summed E-state index contributed by atoms with van der Waals surface area (Å²) in [5.74, 6) is 2.04. The molecular formula is C12H18N4O2S2. The topological polar surface area (TPSA) is 100 Å². The summed E-state index contributed by atoms with van der Waals surface area (Å²) in [5, 5.41) is 6.91. The molecule has 0 saturated carbocycles. The third-order valence-electron chi connectivity index (χ3n) is 3.25. The van der Waals surface area contributed by atoms with Crippen molar-refractivity contribution in [1.29, 1.82) is 5.41 Å². The third-order valence-corrected chi connectivity index (χ3v) is 6.54. The van der Waals surface area contributed by atoms with Crippen molar-refractivity contribution in [3.05, 3.63) is 23.9 Å². The van der Waals surface area contributed by atoms with Crippen molar-refractivity contribution in [2.45, 2.75) is 12.3 Å². The summed E-state index contributed by atoms with van der Waals surface area (Å²) in [4.78, 5) is 6.05. The standard InChI is InChI=1S/C12H18N4O2S2/c1-2-20(17,18)11-8-19-6-5-16(11)10-7-9(12(13)14)3-4-15-10/h3-4,7,11H,2,5-6,8H2,1H3,(H3,13,14). The number of hydrogen-bond donors (Lipinski definition) is 2. The van der Waals surface area contributed by atoms with E-state index in [0.717, 1.165) is 5.75 Å². The lowest BCUT2D eigenvalue weighted by molar-refractivity contribution is 0.579. The first-order valence-corrected chi connectivity index (χ1v) is 9.19. The fourth-order valence-electron chi connectivity index (χ4n) is 2.08. The molecule has 0 radical (unpaired) electrons. The van der Waals surface area contributed by atoms with Crippen LogP contribution in [0.5, 0.6) is 0 Å². The van der Waals surface area contributed by atoms with Gasteiger partial charge in [-0.2, -0.15) is 11.8 Å². The van der Waals surface area contributed by atoms with Crippen molar-refractivity contribution >= 4 is 33.3 Å². The van der Waals surface area contributed by atoms with E-state index in [-0.39, 0.29) is 11.6 Å². The van der Waals surface area contributed by atoms with Gasteiger partial charge in [-0.25, -0.2) is 13.4 Å². The number of nitrogen functional groups attached to an aromatic ring is 1. The Morgan fingerprint density at radius 2 is 2.40 bits per heavy atom. The van der Waals surface area contributed by atoms with Crippen LogP contribution in [0.2, 0.25) is 0 Å². The molecule has 8 heteroatoms. The van der Waals surface area contributed by atoms with Gasteiger partial charge in [-0.3, -0.25) is 5.41 Å². The van der Waals surface area contributed by atoms with Crippen molar-refractivity contribution in [1.82, 2.24) is 4.98 Å². The number of hydrogen-bond acceptors (Lipinski definition) is 6. The Kier molecular flexibility index (Phi) is 4.54. The molecular weight excluding hydrogens is 296 g/mol. The number of sulfone groups is 1. The van der Waals surface area contributed by atoms with Crippen LogP contribution in [0.25, 0.3) is 0 Å². The van der Waals surface area contributed by atoms with Gasteiger partial charge in [0.15, 0.2) is 9.84 Å². The predicted octanol–water partition coefficient (Wildman–Crippen LogP) is 0.680. The minimum absolute atomic E-state index is 0.0464. The molecule has 0 aliphatic carbocycles. The highest BCUT2D eigenvalue weighted by atomic mass is 32.2. The quantitative estimate of drug-likeness (QED) is 0.626. The highest BCUT2D eigenvalue weighted by Gasteiger charge is 2.33. The average Bonchev–Trinajstić information content (AvgIpc) is 2.47. The van der Waals surface area contributed by atoms with Gasteiger partial charge >= 0.3 is 0 Å². The lowest BCUT2D eigenvalue weighted by Crippen LogP contribution is -2.48. The molecule has 0 aromatic carbocycles. The van der Waals surface area contributed by atoms with Crippen molar-refractivity contribution < 1.29 is 8.42 Å². The molecule has 0 bridgehead atoms. The van der Waals surface area contributed by atoms with E-state index < -0.39 is 15.2 Å². The largest absolute Gasteiger partial charge is 0.384 e. The summed E-state index contributed by atoms with van der Waals surface area (Å²) in [6.07, 6.45) is 1.56. The molecule has 1 aromatic rings. The molecule has 1 unspecified atom stereocenters. The van der Waals surface area contributed by atoms with Crippen LogP contribution in [0.15, 0.2) is 18.3 Å². The highest BCUT2D eigenvalue weighted by Crippen LogP contribution is 2.26. The predicted molar refractivity (Wildman–Crippen MR) is 83.2 cm³/mol. The number of amidine groups is 1. The lowest BCUT2D eigenvalue weighted by atomic mass is 10.2. The van der Waals surface area contributed by atoms with Gasteiger partial charge in [-0.05, 0) is 12.1 Å². The Hall–Kier alpha value is -1.28. The summed E-state index contributed by atoms with van der Waals surface area (Å²) >= 11 is 1.64. The Morgan fingerprint density at radius 3 is 3.05 bits per heavy atom. The molecule has 3 N–H and O–H groups in total. The summed E-state index contributed by atoms with van der Waals surface area (Å²) in [5.41, 5.74) is 6.03. The molecule has 0 amide bonds. The normalized spacial score (nSPS) is 19.9. The first-order chi connectivity index (χ1) is 9.45. The zero-order valence-electron chi connectivity index (χ0n) is 11.2. The molecule has 2 heterocycles. The van der Waals surface area contributed by atoms with Gasteiger partial charge < -0.3 is 10.6 Å². The zero-order chi connectivity index (χ0) is 14.8. The van der Waals surface area contributed by atoms with Gasteiger partial charge in [0.05, 0.1) is 0 Å². The van der Waals surface area contributed by atoms with E-state index in [1.165, 1.54) is 0 Å². The van der Waals surface area contributed by atoms with E-state index in [4.69, 9.17) is 11.1 Å². The van der Waals surface area contributed by atoms with Crippen LogP contribution < -0.4 is 10.6 Å². The van der Waals surface area contributed by atoms with Crippen molar-refractivity contribution in [3.63, 3.8) is 0 Å². The smallest absolute Gasteiger partial charge is 0.171 e. The number of anilines is 1. The second-order valence-corrected chi connectivity index (χ2v) is 8.09. The average molecular weight is 314 g/mol. The molecule has 1 saturated heterocycles. The molecule has 6 nitrogen and oxygen atoms in total. The van der Waals surface area contributed by atoms with E-state index in [1.54, 1.807) is 37.0 Å². The van der Waals surface area contributed by atoms with Crippen molar-refractivity contribution in [2.24, 2.45) is 5.73 Å². The molecule has 1 atom stereocenters. The van der Waals surface area contributed by atoms with Crippen molar-refractivity contribution in [3.8, 4) is 0 Å². The molecule has 20 heavy (non-hydrogen) atoms. The Balaban J connectivity index is 2.38. The SMILES string of the molecule is CCS(=O)(=O)C1CSCCN1c1cc(C(=N)N)ccn1. The monoisotopic (exact) mass is 314 g/mol. The molecule has 2 rings (SSSR count). The van der Waals surface area contributed by atoms with Crippen LogP contribution >= 0.6 is 11.8 Å². The van der Waals surface area contributed by atoms with E-state index in [9.17, 15) is 8.42 Å². The van der Waals surface area contributed by atoms with Crippen LogP contribution in [0, 0.1) is 5.41 Å². The first-order valence-electron chi connectivity index (χ1n) is 6.32. The minimum atomic E-state index is -3.17. The fraction of sp³-hybridized carbons (Fsp3) is 0.500. The number of aromatic nitrogens is 1. The van der Waals surface area contributed by atoms with E-state index in [1.807, 2.05) is 4.90 Å². The molecule has 1 aliphatic rings. The van der Waals surface area contributed by atoms with Gasteiger partial charge in [-0.15, -0.1) is 0 Å². The lowest BCUT2D eigenvalue weighted by Gasteiger charge is -2.35. The summed E-state index contributed by atoms with van der Waals surface area (Å²) in [6.45, 7) is 2.29. The number of nitrogens with zero attached hydrogens (tertiary/aromatic N) is 2. The van der Waals surface area contributed by atoms with Gasteiger partial charge in [0.2, 0.25) is 0 Å². The second kappa shape index (κ2) is 6.01. The van der Waals surface area contributed by atoms with E-state index in [0.29, 0.717) is 23.7 Å². The molecule has 0 spiro atoms. The Labute approximate surface area is 123 Å². The maximum absolute atomic E-state index is 12.2. The maximum atomic E-state index is 12.2. The Morgan fingerprint density at radius 1 is 1.65 bits per heavy atom. The van der Waals surface area contributed by atoms with Crippen molar-refractivity contribution in [2.75, 3.05) is 28.7 Å². The second-order valence-electron chi connectivity index (χ2n) is 4.49. The van der Waals surface area contributed by atoms with Crippen LogP contribution in [-0.4, -0.2) is 48.4 Å². The molecule has 110 valence electrons. The number of nitrogens with one attached hydrogen (secondary N) is 1. The van der Waals surface area contributed by atoms with Crippen LogP contribution in [0.4, 0.5) is 5.82 Å². The van der Waals surface area contributed by atoms with Gasteiger partial charge in [-0.1, -0.05) is 6.92 Å². The van der Waals surface area contributed by atoms with Gasteiger partial charge in [0.1, 0.15) is 17.0 Å². The number of nitrogens with two attached hydrogens (primary N) is 1. The maximum Gasteiger partial charge on any atom is 0.171 e. The minimum Gasteiger partial charge on any atom is -0.384 e. The van der Waals surface area contributed by atoms with Gasteiger partial charge in [0, 0.05) is 35.6 Å². The van der Waals surface area contributed by atoms with E-state index in [2.05, 4.69) is 4.98 Å². The first kappa shape index (κ1) is 15.1. The summed E-state index contributed by atoms with van der Waals surface area (Å²) < 4.78 is 24.4. The molecule has 1 aliphatic heterocycles. The van der Waals surface area contributed by atoms with Crippen LogP contribution in [-0.2, 0) is 9.84 Å². The molecule has 1 fully saturated rings. The number of pyridine rings is 1. The fourth-order valence-corrected chi connectivity index (χ4v) is 5.05. The third kappa shape index (κ3) is 3.06. The zero-order valence-corrected chi connectivity index (χ0v) is 12.9. The summed E-state index contributed by atoms with van der Waals surface area (Å²) in [7, 11) is -3.17. The van der Waals surface area contributed by atoms with E-state index >= 15 is 0 Å². The van der Waals surface area contributed by atoms with Crippen LogP contribution in [0.1, 0.15) is 12.5 Å². The van der Waals surface area contributed by atoms with Crippen LogP contribution in [0.3, 0.4) is 0 Å². The highest BCUT2D eigenvalue weighted by molar-refractivity contribution is 8.01. The van der Waals surface area contributed by atoms with Gasteiger partial charge in [0.25, 0.3) is 0 Å².